The van der Waals surface area contributed by atoms with Crippen molar-refractivity contribution in [2.24, 2.45) is 0 Å². The van der Waals surface area contributed by atoms with Gasteiger partial charge < -0.3 is 10.2 Å². The van der Waals surface area contributed by atoms with Gasteiger partial charge in [-0.2, -0.15) is 0 Å². The molecule has 8 heteroatoms. The summed E-state index contributed by atoms with van der Waals surface area (Å²) < 4.78 is 40.3. The van der Waals surface area contributed by atoms with E-state index in [2.05, 4.69) is 5.32 Å². The van der Waals surface area contributed by atoms with Gasteiger partial charge in [-0.3, -0.25) is 4.79 Å². The maximum absolute atomic E-state index is 14.2. The van der Waals surface area contributed by atoms with Crippen molar-refractivity contribution in [3.8, 4) is 0 Å². The maximum atomic E-state index is 14.2. The summed E-state index contributed by atoms with van der Waals surface area (Å²) in [6, 6.07) is 8.01. The SMILES string of the molecule is Cc1ccc(NC(=O)CN2CCCc3c(F)ccc(C)c32)cc1S(=O)(=O)N(C)C. The zero-order chi connectivity index (χ0) is 21.3. The molecule has 29 heavy (non-hydrogen) atoms. The summed E-state index contributed by atoms with van der Waals surface area (Å²) in [5.41, 5.74) is 3.38. The number of benzene rings is 2. The number of sulfonamides is 1. The second kappa shape index (κ2) is 8.12. The number of nitrogens with one attached hydrogen (secondary N) is 1. The van der Waals surface area contributed by atoms with Crippen LogP contribution in [0.4, 0.5) is 15.8 Å². The lowest BCUT2D eigenvalue weighted by atomic mass is 9.97. The van der Waals surface area contributed by atoms with Crippen molar-refractivity contribution < 1.29 is 17.6 Å². The third kappa shape index (κ3) is 4.28. The number of hydrogen-bond donors (Lipinski definition) is 1. The van der Waals surface area contributed by atoms with Crippen LogP contribution in [0, 0.1) is 19.7 Å². The van der Waals surface area contributed by atoms with Gasteiger partial charge >= 0.3 is 0 Å². The van der Waals surface area contributed by atoms with Crippen LogP contribution in [0.3, 0.4) is 0 Å². The maximum Gasteiger partial charge on any atom is 0.243 e. The average Bonchev–Trinajstić information content (AvgIpc) is 2.66. The summed E-state index contributed by atoms with van der Waals surface area (Å²) >= 11 is 0. The lowest BCUT2D eigenvalue weighted by molar-refractivity contribution is -0.115. The van der Waals surface area contributed by atoms with Crippen molar-refractivity contribution in [2.75, 3.05) is 37.4 Å². The van der Waals surface area contributed by atoms with Gasteiger partial charge in [-0.1, -0.05) is 12.1 Å². The third-order valence-electron chi connectivity index (χ3n) is 5.16. The van der Waals surface area contributed by atoms with Crippen LogP contribution in [0.25, 0.3) is 0 Å². The number of rotatable bonds is 5. The Hall–Kier alpha value is -2.45. The number of halogens is 1. The Labute approximate surface area is 171 Å². The fourth-order valence-electron chi connectivity index (χ4n) is 3.65. The van der Waals surface area contributed by atoms with Crippen LogP contribution in [0.5, 0.6) is 0 Å². The van der Waals surface area contributed by atoms with E-state index in [0.29, 0.717) is 29.8 Å². The molecule has 0 radical (unpaired) electrons. The molecule has 3 rings (SSSR count). The van der Waals surface area contributed by atoms with Gasteiger partial charge in [0.2, 0.25) is 15.9 Å². The quantitative estimate of drug-likeness (QED) is 0.809. The lowest BCUT2D eigenvalue weighted by Crippen LogP contribution is -2.37. The van der Waals surface area contributed by atoms with Crippen LogP contribution < -0.4 is 10.2 Å². The van der Waals surface area contributed by atoms with Gasteiger partial charge in [-0.05, 0) is 56.0 Å². The predicted molar refractivity (Wildman–Crippen MR) is 112 cm³/mol. The Morgan fingerprint density at radius 2 is 1.86 bits per heavy atom. The zero-order valence-corrected chi connectivity index (χ0v) is 17.9. The Bertz CT molecular complexity index is 1050. The van der Waals surface area contributed by atoms with E-state index in [1.807, 2.05) is 11.8 Å². The minimum atomic E-state index is -3.61. The third-order valence-corrected chi connectivity index (χ3v) is 7.12. The monoisotopic (exact) mass is 419 g/mol. The summed E-state index contributed by atoms with van der Waals surface area (Å²) in [5, 5.41) is 2.78. The molecule has 0 aromatic heterocycles. The molecule has 0 saturated heterocycles. The highest BCUT2D eigenvalue weighted by Gasteiger charge is 2.24. The first kappa shape index (κ1) is 21.3. The van der Waals surface area contributed by atoms with Crippen LogP contribution >= 0.6 is 0 Å². The van der Waals surface area contributed by atoms with Gasteiger partial charge in [0.05, 0.1) is 11.4 Å². The van der Waals surface area contributed by atoms with Crippen molar-refractivity contribution in [3.63, 3.8) is 0 Å². The summed E-state index contributed by atoms with van der Waals surface area (Å²) in [6.45, 7) is 4.36. The Morgan fingerprint density at radius 3 is 2.55 bits per heavy atom. The highest BCUT2D eigenvalue weighted by molar-refractivity contribution is 7.89. The molecule has 0 fully saturated rings. The molecule has 1 N–H and O–H groups in total. The van der Waals surface area contributed by atoms with Crippen LogP contribution in [-0.4, -0.2) is 45.8 Å². The average molecular weight is 420 g/mol. The summed E-state index contributed by atoms with van der Waals surface area (Å²) in [7, 11) is -0.678. The molecule has 6 nitrogen and oxygen atoms in total. The molecule has 0 saturated carbocycles. The van der Waals surface area contributed by atoms with Gasteiger partial charge in [0.1, 0.15) is 5.82 Å². The molecular weight excluding hydrogens is 393 g/mol. The number of hydrogen-bond acceptors (Lipinski definition) is 4. The number of amides is 1. The van der Waals surface area contributed by atoms with E-state index in [-0.39, 0.29) is 23.2 Å². The smallest absolute Gasteiger partial charge is 0.243 e. The van der Waals surface area contributed by atoms with Crippen LogP contribution in [0.15, 0.2) is 35.2 Å². The molecular formula is C21H26FN3O3S. The zero-order valence-electron chi connectivity index (χ0n) is 17.1. The van der Waals surface area contributed by atoms with Crippen molar-refractivity contribution in [1.82, 2.24) is 4.31 Å². The normalized spacial score (nSPS) is 14.1. The fourth-order valence-corrected chi connectivity index (χ4v) is 4.79. The van der Waals surface area contributed by atoms with E-state index >= 15 is 0 Å². The fraction of sp³-hybridized carbons (Fsp3) is 0.381. The van der Waals surface area contributed by atoms with E-state index in [0.717, 1.165) is 22.0 Å². The first-order valence-electron chi connectivity index (χ1n) is 9.47. The highest BCUT2D eigenvalue weighted by atomic mass is 32.2. The number of fused-ring (bicyclic) bond motifs is 1. The van der Waals surface area contributed by atoms with Crippen LogP contribution in [0.2, 0.25) is 0 Å². The minimum Gasteiger partial charge on any atom is -0.362 e. The van der Waals surface area contributed by atoms with Crippen molar-refractivity contribution >= 4 is 27.3 Å². The first-order valence-corrected chi connectivity index (χ1v) is 10.9. The Morgan fingerprint density at radius 1 is 1.17 bits per heavy atom. The minimum absolute atomic E-state index is 0.0704. The highest BCUT2D eigenvalue weighted by Crippen LogP contribution is 2.32. The molecule has 0 aliphatic carbocycles. The standard InChI is InChI=1S/C21H26FN3O3S/c1-14-7-9-16(12-19(14)29(27,28)24(3)4)23-20(26)13-25-11-5-6-17-18(22)10-8-15(2)21(17)25/h7-10,12H,5-6,11,13H2,1-4H3,(H,23,26). The van der Waals surface area contributed by atoms with Gasteiger partial charge in [-0.25, -0.2) is 17.1 Å². The predicted octanol–water partition coefficient (Wildman–Crippen LogP) is 3.08. The molecule has 2 aromatic rings. The van der Waals surface area contributed by atoms with E-state index in [9.17, 15) is 17.6 Å². The number of aryl methyl sites for hydroxylation is 2. The second-order valence-corrected chi connectivity index (χ2v) is 9.65. The topological polar surface area (TPSA) is 69.7 Å². The number of carbonyl (C=O) groups is 1. The molecule has 1 heterocycles. The van der Waals surface area contributed by atoms with Gasteiger partial charge in [0.25, 0.3) is 0 Å². The molecule has 156 valence electrons. The molecule has 0 spiro atoms. The summed E-state index contributed by atoms with van der Waals surface area (Å²) in [4.78, 5) is 14.7. The molecule has 1 aliphatic heterocycles. The lowest BCUT2D eigenvalue weighted by Gasteiger charge is -2.32. The Balaban J connectivity index is 1.81. The van der Waals surface area contributed by atoms with Crippen molar-refractivity contribution in [3.05, 3.63) is 52.8 Å². The summed E-state index contributed by atoms with van der Waals surface area (Å²) in [6.07, 6.45) is 1.43. The molecule has 1 aliphatic rings. The van der Waals surface area contributed by atoms with Crippen molar-refractivity contribution in [2.45, 2.75) is 31.6 Å². The van der Waals surface area contributed by atoms with E-state index in [1.54, 1.807) is 25.1 Å². The van der Waals surface area contributed by atoms with Crippen molar-refractivity contribution in [1.29, 1.82) is 0 Å². The largest absolute Gasteiger partial charge is 0.362 e. The van der Waals surface area contributed by atoms with Gasteiger partial charge in [0.15, 0.2) is 0 Å². The molecule has 0 bridgehead atoms. The van der Waals surface area contributed by atoms with E-state index in [4.69, 9.17) is 0 Å². The van der Waals surface area contributed by atoms with E-state index < -0.39 is 10.0 Å². The van der Waals surface area contributed by atoms with E-state index in [1.165, 1.54) is 26.2 Å². The molecule has 0 atom stereocenters. The van der Waals surface area contributed by atoms with Gasteiger partial charge in [-0.15, -0.1) is 0 Å². The molecule has 1 amide bonds. The second-order valence-electron chi connectivity index (χ2n) is 7.53. The summed E-state index contributed by atoms with van der Waals surface area (Å²) in [5.74, 6) is -0.522. The van der Waals surface area contributed by atoms with Gasteiger partial charge in [0, 0.05) is 37.6 Å². The van der Waals surface area contributed by atoms with Crippen LogP contribution in [0.1, 0.15) is 23.1 Å². The Kier molecular flexibility index (Phi) is 5.95. The number of nitrogens with zero attached hydrogens (tertiary/aromatic N) is 2. The molecule has 2 aromatic carbocycles. The van der Waals surface area contributed by atoms with Crippen LogP contribution in [-0.2, 0) is 21.2 Å². The number of anilines is 2. The molecule has 0 unspecified atom stereocenters. The first-order chi connectivity index (χ1) is 13.6. The number of carbonyl (C=O) groups excluding carboxylic acids is 1.